The average Bonchev–Trinajstić information content (AvgIpc) is 3.58. The Morgan fingerprint density at radius 1 is 0.975 bits per heavy atom. The summed E-state index contributed by atoms with van der Waals surface area (Å²) in [5.41, 5.74) is 3.01. The molecule has 40 heavy (non-hydrogen) atoms. The zero-order valence-corrected chi connectivity index (χ0v) is 22.8. The molecule has 8 nitrogen and oxygen atoms in total. The monoisotopic (exact) mass is 547 g/mol. The molecule has 2 aliphatic rings. The maximum atomic E-state index is 13.4. The molecule has 3 atom stereocenters. The van der Waals surface area contributed by atoms with Crippen molar-refractivity contribution < 1.29 is 18.8 Å². The first-order valence-electron chi connectivity index (χ1n) is 14.4. The number of rotatable bonds is 6. The van der Waals surface area contributed by atoms with Gasteiger partial charge in [-0.25, -0.2) is 9.18 Å². The number of nitrogens with zero attached hydrogens (tertiary/aromatic N) is 1. The third-order valence-electron chi connectivity index (χ3n) is 8.25. The number of carbonyl (C=O) groups excluding carboxylic acids is 3. The van der Waals surface area contributed by atoms with Gasteiger partial charge >= 0.3 is 6.03 Å². The van der Waals surface area contributed by atoms with Crippen LogP contribution in [-0.2, 0) is 22.6 Å². The molecular formula is C31H38FN5O3. The predicted octanol–water partition coefficient (Wildman–Crippen LogP) is 4.26. The van der Waals surface area contributed by atoms with Crippen molar-refractivity contribution in [1.29, 1.82) is 0 Å². The lowest BCUT2D eigenvalue weighted by Crippen LogP contribution is -2.50. The topological polar surface area (TPSA) is 106 Å². The van der Waals surface area contributed by atoms with Crippen molar-refractivity contribution in [3.8, 4) is 0 Å². The number of hydrogen-bond donors (Lipinski definition) is 4. The molecule has 3 aromatic rings. The van der Waals surface area contributed by atoms with Gasteiger partial charge in [-0.3, -0.25) is 9.59 Å². The number of hydrogen-bond acceptors (Lipinski definition) is 3. The zero-order valence-electron chi connectivity index (χ0n) is 22.8. The van der Waals surface area contributed by atoms with Gasteiger partial charge in [0.1, 0.15) is 5.82 Å². The lowest BCUT2D eigenvalue weighted by atomic mass is 10.0. The number of urea groups is 1. The molecule has 0 radical (unpaired) electrons. The van der Waals surface area contributed by atoms with E-state index < -0.39 is 5.92 Å². The van der Waals surface area contributed by atoms with Crippen LogP contribution in [0.4, 0.5) is 9.18 Å². The second-order valence-corrected chi connectivity index (χ2v) is 10.9. The summed E-state index contributed by atoms with van der Waals surface area (Å²) in [6, 6.07) is 13.5. The highest BCUT2D eigenvalue weighted by Crippen LogP contribution is 2.36. The third-order valence-corrected chi connectivity index (χ3v) is 8.25. The van der Waals surface area contributed by atoms with Crippen LogP contribution in [0.3, 0.4) is 0 Å². The van der Waals surface area contributed by atoms with Crippen molar-refractivity contribution in [2.75, 3.05) is 19.6 Å². The minimum atomic E-state index is -0.445. The Hall–Kier alpha value is -3.88. The highest BCUT2D eigenvalue weighted by molar-refractivity contribution is 5.86. The Morgan fingerprint density at radius 2 is 1.77 bits per heavy atom. The van der Waals surface area contributed by atoms with E-state index in [1.165, 1.54) is 12.1 Å². The fourth-order valence-electron chi connectivity index (χ4n) is 6.06. The smallest absolute Gasteiger partial charge is 0.317 e. The van der Waals surface area contributed by atoms with Crippen LogP contribution in [0.2, 0.25) is 0 Å². The van der Waals surface area contributed by atoms with Crippen molar-refractivity contribution in [3.05, 3.63) is 71.7 Å². The van der Waals surface area contributed by atoms with E-state index in [4.69, 9.17) is 0 Å². The summed E-state index contributed by atoms with van der Waals surface area (Å²) in [5, 5.41) is 10.2. The summed E-state index contributed by atoms with van der Waals surface area (Å²) in [6.07, 6.45) is 7.23. The van der Waals surface area contributed by atoms with Gasteiger partial charge in [-0.15, -0.1) is 0 Å². The maximum absolute atomic E-state index is 13.4. The minimum Gasteiger partial charge on any atom is -0.361 e. The van der Waals surface area contributed by atoms with Gasteiger partial charge in [0.2, 0.25) is 11.8 Å². The molecule has 5 rings (SSSR count). The molecule has 4 N–H and O–H groups in total. The fourth-order valence-corrected chi connectivity index (χ4v) is 6.06. The van der Waals surface area contributed by atoms with E-state index in [2.05, 4.69) is 27.0 Å². The van der Waals surface area contributed by atoms with E-state index in [0.717, 1.165) is 47.7 Å². The Labute approximate surface area is 234 Å². The van der Waals surface area contributed by atoms with Crippen molar-refractivity contribution >= 4 is 28.7 Å². The van der Waals surface area contributed by atoms with E-state index in [1.807, 2.05) is 24.4 Å². The van der Waals surface area contributed by atoms with E-state index in [0.29, 0.717) is 38.9 Å². The summed E-state index contributed by atoms with van der Waals surface area (Å²) < 4.78 is 13.3. The maximum Gasteiger partial charge on any atom is 0.317 e. The van der Waals surface area contributed by atoms with Gasteiger partial charge in [0.05, 0.1) is 5.92 Å². The Bertz CT molecular complexity index is 1320. The average molecular weight is 548 g/mol. The highest BCUT2D eigenvalue weighted by atomic mass is 19.1. The van der Waals surface area contributed by atoms with E-state index in [9.17, 15) is 18.8 Å². The molecule has 1 aliphatic heterocycles. The summed E-state index contributed by atoms with van der Waals surface area (Å²) in [6.45, 7) is 1.90. The number of halogens is 1. The second kappa shape index (κ2) is 13.0. The predicted molar refractivity (Wildman–Crippen MR) is 152 cm³/mol. The summed E-state index contributed by atoms with van der Waals surface area (Å²) in [4.78, 5) is 45.0. The van der Waals surface area contributed by atoms with Gasteiger partial charge in [-0.1, -0.05) is 43.2 Å². The van der Waals surface area contributed by atoms with Crippen LogP contribution in [0.5, 0.6) is 0 Å². The molecule has 9 heteroatoms. The van der Waals surface area contributed by atoms with E-state index in [1.54, 1.807) is 17.0 Å². The highest BCUT2D eigenvalue weighted by Gasteiger charge is 2.45. The largest absolute Gasteiger partial charge is 0.361 e. The number of nitrogens with one attached hydrogen (secondary N) is 4. The number of carbonyl (C=O) groups is 3. The lowest BCUT2D eigenvalue weighted by molar-refractivity contribution is -0.126. The van der Waals surface area contributed by atoms with Gasteiger partial charge in [0.15, 0.2) is 0 Å². The molecule has 1 saturated heterocycles. The molecule has 0 unspecified atom stereocenters. The molecule has 0 spiro atoms. The number of aromatic amines is 1. The molecule has 1 aliphatic carbocycles. The molecule has 2 heterocycles. The molecule has 2 aromatic carbocycles. The number of benzene rings is 2. The molecule has 2 fully saturated rings. The third kappa shape index (κ3) is 6.63. The van der Waals surface area contributed by atoms with Crippen LogP contribution < -0.4 is 16.0 Å². The molecule has 1 aromatic heterocycles. The summed E-state index contributed by atoms with van der Waals surface area (Å²) in [7, 11) is 0. The lowest BCUT2D eigenvalue weighted by Gasteiger charge is -2.32. The van der Waals surface area contributed by atoms with Crippen molar-refractivity contribution in [3.63, 3.8) is 0 Å². The number of H-pyrrole nitrogens is 1. The quantitative estimate of drug-likeness (QED) is 0.371. The number of para-hydroxylation sites is 1. The van der Waals surface area contributed by atoms with Crippen molar-refractivity contribution in [2.24, 2.45) is 11.8 Å². The van der Waals surface area contributed by atoms with Gasteiger partial charge in [-0.2, -0.15) is 0 Å². The first kappa shape index (κ1) is 27.7. The first-order valence-corrected chi connectivity index (χ1v) is 14.4. The van der Waals surface area contributed by atoms with Crippen LogP contribution in [-0.4, -0.2) is 53.4 Å². The number of amides is 4. The first-order chi connectivity index (χ1) is 19.5. The van der Waals surface area contributed by atoms with Crippen molar-refractivity contribution in [1.82, 2.24) is 25.8 Å². The van der Waals surface area contributed by atoms with Gasteiger partial charge in [-0.05, 0) is 61.4 Å². The van der Waals surface area contributed by atoms with Crippen LogP contribution in [0.1, 0.15) is 49.7 Å². The minimum absolute atomic E-state index is 0.0705. The molecule has 4 amide bonds. The van der Waals surface area contributed by atoms with Crippen LogP contribution >= 0.6 is 0 Å². The SMILES string of the molecule is O=C(NCCc1c[nH]c2ccccc12)[C@@H]1C[C@H]2C(=O)NCCCCCCN(C(=O)NCc3ccc(F)cc3)[C@H]2C1. The van der Waals surface area contributed by atoms with Gasteiger partial charge in [0, 0.05) is 55.2 Å². The molecule has 212 valence electrons. The Balaban J connectivity index is 1.24. The normalized spacial score (nSPS) is 21.8. The van der Waals surface area contributed by atoms with Crippen LogP contribution in [0.25, 0.3) is 10.9 Å². The number of aromatic nitrogens is 1. The second-order valence-electron chi connectivity index (χ2n) is 10.9. The van der Waals surface area contributed by atoms with Gasteiger partial charge in [0.25, 0.3) is 0 Å². The van der Waals surface area contributed by atoms with E-state index in [-0.39, 0.29) is 42.2 Å². The zero-order chi connectivity index (χ0) is 27.9. The summed E-state index contributed by atoms with van der Waals surface area (Å²) >= 11 is 0. The summed E-state index contributed by atoms with van der Waals surface area (Å²) in [5.74, 6) is -1.28. The standard InChI is InChI=1S/C31H38FN5O3/c32-24-11-9-21(10-12-24)19-36-31(40)37-16-6-2-1-5-14-33-30(39)26-17-23(18-28(26)37)29(38)34-15-13-22-20-35-27-8-4-3-7-25(22)27/h3-4,7-12,20,23,26,28,35H,1-2,5-6,13-19H2,(H,33,39)(H,34,38)(H,36,40)/t23-,26-,28+/m1/s1. The Morgan fingerprint density at radius 3 is 2.62 bits per heavy atom. The fraction of sp³-hybridized carbons (Fsp3) is 0.452. The molecule has 0 bridgehead atoms. The number of fused-ring (bicyclic) bond motifs is 2. The Kier molecular flexibility index (Phi) is 8.98. The molecular weight excluding hydrogens is 509 g/mol. The van der Waals surface area contributed by atoms with Crippen LogP contribution in [0, 0.1) is 17.7 Å². The van der Waals surface area contributed by atoms with E-state index >= 15 is 0 Å². The molecule has 1 saturated carbocycles. The van der Waals surface area contributed by atoms with Crippen molar-refractivity contribution in [2.45, 2.75) is 57.5 Å². The van der Waals surface area contributed by atoms with Gasteiger partial charge < -0.3 is 25.8 Å². The van der Waals surface area contributed by atoms with Crippen LogP contribution in [0.15, 0.2) is 54.7 Å².